The van der Waals surface area contributed by atoms with E-state index < -0.39 is 0 Å². The van der Waals surface area contributed by atoms with Gasteiger partial charge in [0.2, 0.25) is 0 Å². The van der Waals surface area contributed by atoms with E-state index in [4.69, 9.17) is 10.5 Å². The molecule has 0 aromatic heterocycles. The molecule has 0 heterocycles. The Labute approximate surface area is 107 Å². The van der Waals surface area contributed by atoms with E-state index >= 15 is 0 Å². The van der Waals surface area contributed by atoms with Gasteiger partial charge in [0.25, 0.3) is 0 Å². The van der Waals surface area contributed by atoms with Crippen LogP contribution in [-0.2, 0) is 4.74 Å². The van der Waals surface area contributed by atoms with E-state index in [1.807, 2.05) is 0 Å². The van der Waals surface area contributed by atoms with Gasteiger partial charge in [0, 0.05) is 12.6 Å². The first kappa shape index (κ1) is 15.0. The van der Waals surface area contributed by atoms with Gasteiger partial charge in [0.15, 0.2) is 0 Å². The van der Waals surface area contributed by atoms with Gasteiger partial charge in [0.1, 0.15) is 0 Å². The van der Waals surface area contributed by atoms with Crippen molar-refractivity contribution in [2.24, 2.45) is 23.5 Å². The summed E-state index contributed by atoms with van der Waals surface area (Å²) in [5.41, 5.74) is 6.46. The summed E-state index contributed by atoms with van der Waals surface area (Å²) in [5.74, 6) is 2.33. The summed E-state index contributed by atoms with van der Waals surface area (Å²) in [6, 6.07) is 0.236. The highest BCUT2D eigenvalue weighted by Gasteiger charge is 2.32. The Hall–Kier alpha value is -0.0800. The van der Waals surface area contributed by atoms with Crippen LogP contribution in [0.15, 0.2) is 0 Å². The van der Waals surface area contributed by atoms with Crippen molar-refractivity contribution in [3.63, 3.8) is 0 Å². The molecular weight excluding hydrogens is 210 g/mol. The van der Waals surface area contributed by atoms with E-state index in [9.17, 15) is 0 Å². The maximum atomic E-state index is 6.46. The lowest BCUT2D eigenvalue weighted by Gasteiger charge is -2.38. The van der Waals surface area contributed by atoms with Crippen molar-refractivity contribution in [2.75, 3.05) is 6.61 Å². The van der Waals surface area contributed by atoms with Crippen molar-refractivity contribution in [1.82, 2.24) is 0 Å². The lowest BCUT2D eigenvalue weighted by Crippen LogP contribution is -2.45. The van der Waals surface area contributed by atoms with Gasteiger partial charge in [-0.3, -0.25) is 0 Å². The first-order valence-electron chi connectivity index (χ1n) is 7.45. The third-order valence-electron chi connectivity index (χ3n) is 4.14. The smallest absolute Gasteiger partial charge is 0.0728 e. The molecule has 2 N–H and O–H groups in total. The molecule has 0 amide bonds. The highest BCUT2D eigenvalue weighted by molar-refractivity contribution is 4.86. The van der Waals surface area contributed by atoms with Crippen LogP contribution in [0.5, 0.6) is 0 Å². The van der Waals surface area contributed by atoms with Crippen LogP contribution in [0.25, 0.3) is 0 Å². The number of hydrogen-bond donors (Lipinski definition) is 1. The van der Waals surface area contributed by atoms with E-state index in [2.05, 4.69) is 27.7 Å². The summed E-state index contributed by atoms with van der Waals surface area (Å²) in [6.45, 7) is 9.80. The largest absolute Gasteiger partial charge is 0.377 e. The molecule has 1 rings (SSSR count). The highest BCUT2D eigenvalue weighted by Crippen LogP contribution is 2.35. The van der Waals surface area contributed by atoms with Gasteiger partial charge < -0.3 is 10.5 Å². The molecule has 0 radical (unpaired) electrons. The fraction of sp³-hybridized carbons (Fsp3) is 1.00. The van der Waals surface area contributed by atoms with Gasteiger partial charge in [0.05, 0.1) is 6.10 Å². The normalized spacial score (nSPS) is 33.4. The number of hydrogen-bond acceptors (Lipinski definition) is 2. The quantitative estimate of drug-likeness (QED) is 0.771. The molecule has 17 heavy (non-hydrogen) atoms. The summed E-state index contributed by atoms with van der Waals surface area (Å²) in [4.78, 5) is 0. The van der Waals surface area contributed by atoms with Crippen LogP contribution in [-0.4, -0.2) is 18.8 Å². The fourth-order valence-corrected chi connectivity index (χ4v) is 3.51. The predicted octanol–water partition coefficient (Wildman–Crippen LogP) is 3.59. The summed E-state index contributed by atoms with van der Waals surface area (Å²) in [5, 5.41) is 0. The van der Waals surface area contributed by atoms with Crippen molar-refractivity contribution in [2.45, 2.75) is 71.9 Å². The maximum Gasteiger partial charge on any atom is 0.0728 e. The number of nitrogens with two attached hydrogens (primary N) is 1. The Bertz CT molecular complexity index is 191. The van der Waals surface area contributed by atoms with Gasteiger partial charge in [-0.05, 0) is 50.4 Å². The molecule has 1 aliphatic rings. The molecule has 0 aromatic rings. The first-order valence-corrected chi connectivity index (χ1v) is 7.45. The van der Waals surface area contributed by atoms with Crippen LogP contribution in [0.3, 0.4) is 0 Å². The zero-order valence-corrected chi connectivity index (χ0v) is 12.1. The third kappa shape index (κ3) is 4.59. The minimum absolute atomic E-state index is 0.236. The molecule has 0 aliphatic heterocycles. The van der Waals surface area contributed by atoms with Gasteiger partial charge in [-0.25, -0.2) is 0 Å². The standard InChI is InChI=1S/C15H31NO/c1-5-7-14(17-6-2)15(16)13-9-11(3)8-12(4)10-13/h11-15H,5-10,16H2,1-4H3. The second-order valence-electron chi connectivity index (χ2n) is 6.04. The maximum absolute atomic E-state index is 6.46. The Kier molecular flexibility index (Phi) is 6.50. The second kappa shape index (κ2) is 7.38. The molecule has 2 nitrogen and oxygen atoms in total. The Morgan fingerprint density at radius 1 is 1.12 bits per heavy atom. The van der Waals surface area contributed by atoms with Gasteiger partial charge >= 0.3 is 0 Å². The molecule has 1 aliphatic carbocycles. The molecule has 4 unspecified atom stereocenters. The Balaban J connectivity index is 2.55. The number of ether oxygens (including phenoxy) is 1. The highest BCUT2D eigenvalue weighted by atomic mass is 16.5. The molecule has 1 fully saturated rings. The van der Waals surface area contributed by atoms with Crippen molar-refractivity contribution in [1.29, 1.82) is 0 Å². The molecule has 1 saturated carbocycles. The molecule has 0 bridgehead atoms. The summed E-state index contributed by atoms with van der Waals surface area (Å²) in [6.07, 6.45) is 6.49. The monoisotopic (exact) mass is 241 g/mol. The van der Waals surface area contributed by atoms with Crippen molar-refractivity contribution in [3.8, 4) is 0 Å². The third-order valence-corrected chi connectivity index (χ3v) is 4.14. The van der Waals surface area contributed by atoms with Crippen molar-refractivity contribution < 1.29 is 4.74 Å². The first-order chi connectivity index (χ1) is 8.08. The molecule has 0 saturated heterocycles. The minimum atomic E-state index is 0.236. The van der Waals surface area contributed by atoms with Crippen LogP contribution < -0.4 is 5.73 Å². The SMILES string of the molecule is CCCC(OCC)C(N)C1CC(C)CC(C)C1. The number of rotatable bonds is 6. The lowest BCUT2D eigenvalue weighted by molar-refractivity contribution is 0.0107. The molecule has 0 spiro atoms. The minimum Gasteiger partial charge on any atom is -0.377 e. The van der Waals surface area contributed by atoms with Gasteiger partial charge in [-0.2, -0.15) is 0 Å². The molecule has 4 atom stereocenters. The van der Waals surface area contributed by atoms with Crippen LogP contribution in [0.2, 0.25) is 0 Å². The van der Waals surface area contributed by atoms with Crippen LogP contribution in [0.4, 0.5) is 0 Å². The second-order valence-corrected chi connectivity index (χ2v) is 6.04. The van der Waals surface area contributed by atoms with E-state index in [1.54, 1.807) is 0 Å². The molecule has 0 aromatic carbocycles. The van der Waals surface area contributed by atoms with E-state index in [0.29, 0.717) is 5.92 Å². The summed E-state index contributed by atoms with van der Waals surface area (Å²) in [7, 11) is 0. The average molecular weight is 241 g/mol. The van der Waals surface area contributed by atoms with E-state index in [-0.39, 0.29) is 12.1 Å². The van der Waals surface area contributed by atoms with Crippen LogP contribution in [0, 0.1) is 17.8 Å². The molecule has 102 valence electrons. The van der Waals surface area contributed by atoms with Gasteiger partial charge in [-0.15, -0.1) is 0 Å². The zero-order valence-electron chi connectivity index (χ0n) is 12.1. The van der Waals surface area contributed by atoms with E-state index in [0.717, 1.165) is 31.3 Å². The predicted molar refractivity (Wildman–Crippen MR) is 74.0 cm³/mol. The zero-order chi connectivity index (χ0) is 12.8. The van der Waals surface area contributed by atoms with Gasteiger partial charge in [-0.1, -0.05) is 27.2 Å². The Morgan fingerprint density at radius 2 is 1.71 bits per heavy atom. The fourth-order valence-electron chi connectivity index (χ4n) is 3.51. The summed E-state index contributed by atoms with van der Waals surface area (Å²) < 4.78 is 5.84. The lowest BCUT2D eigenvalue weighted by atomic mass is 9.72. The summed E-state index contributed by atoms with van der Waals surface area (Å²) >= 11 is 0. The van der Waals surface area contributed by atoms with Crippen LogP contribution in [0.1, 0.15) is 59.8 Å². The Morgan fingerprint density at radius 3 is 2.18 bits per heavy atom. The molecule has 2 heteroatoms. The van der Waals surface area contributed by atoms with Crippen molar-refractivity contribution >= 4 is 0 Å². The van der Waals surface area contributed by atoms with Crippen molar-refractivity contribution in [3.05, 3.63) is 0 Å². The van der Waals surface area contributed by atoms with Crippen LogP contribution >= 0.6 is 0 Å². The topological polar surface area (TPSA) is 35.2 Å². The average Bonchev–Trinajstić information content (AvgIpc) is 2.26. The molecular formula is C15H31NO. The van der Waals surface area contributed by atoms with E-state index in [1.165, 1.54) is 19.3 Å².